The third kappa shape index (κ3) is 3.44. The maximum Gasteiger partial charge on any atom is 0.168 e. The van der Waals surface area contributed by atoms with Gasteiger partial charge in [0, 0.05) is 23.8 Å². The van der Waals surface area contributed by atoms with Crippen LogP contribution in [0.3, 0.4) is 0 Å². The predicted molar refractivity (Wildman–Crippen MR) is 76.7 cm³/mol. The van der Waals surface area contributed by atoms with Crippen LogP contribution in [-0.2, 0) is 0 Å². The second kappa shape index (κ2) is 6.45. The molecule has 0 aliphatic carbocycles. The Kier molecular flexibility index (Phi) is 4.65. The van der Waals surface area contributed by atoms with E-state index in [2.05, 4.69) is 0 Å². The van der Waals surface area contributed by atoms with Crippen molar-refractivity contribution in [3.63, 3.8) is 0 Å². The molecule has 0 aliphatic rings. The molecule has 0 amide bonds. The molecule has 4 nitrogen and oxygen atoms in total. The van der Waals surface area contributed by atoms with Gasteiger partial charge in [-0.25, -0.2) is 4.39 Å². The second-order valence-corrected chi connectivity index (χ2v) is 4.48. The van der Waals surface area contributed by atoms with Crippen molar-refractivity contribution in [2.45, 2.75) is 13.0 Å². The van der Waals surface area contributed by atoms with Gasteiger partial charge in [-0.2, -0.15) is 0 Å². The smallest absolute Gasteiger partial charge is 0.168 e. The molecule has 2 rings (SSSR count). The fraction of sp³-hybridized carbons (Fsp3) is 0.250. The number of benzene rings is 2. The monoisotopic (exact) mass is 292 g/mol. The fourth-order valence-electron chi connectivity index (χ4n) is 1.92. The molecule has 1 atom stereocenters. The lowest BCUT2D eigenvalue weighted by Crippen LogP contribution is -1.99. The van der Waals surface area contributed by atoms with Gasteiger partial charge in [0.2, 0.25) is 0 Å². The summed E-state index contributed by atoms with van der Waals surface area (Å²) in [5, 5.41) is 9.71. The van der Waals surface area contributed by atoms with Crippen molar-refractivity contribution >= 4 is 0 Å². The molecular formula is C16H17FO4. The zero-order chi connectivity index (χ0) is 15.4. The minimum atomic E-state index is -0.844. The topological polar surface area (TPSA) is 47.9 Å². The summed E-state index contributed by atoms with van der Waals surface area (Å²) >= 11 is 0. The van der Waals surface area contributed by atoms with Crippen molar-refractivity contribution in [2.24, 2.45) is 0 Å². The van der Waals surface area contributed by atoms with Gasteiger partial charge in [-0.3, -0.25) is 0 Å². The number of hydrogen-bond acceptors (Lipinski definition) is 4. The largest absolute Gasteiger partial charge is 0.496 e. The molecule has 0 fully saturated rings. The summed E-state index contributed by atoms with van der Waals surface area (Å²) in [6.45, 7) is 1.55. The summed E-state index contributed by atoms with van der Waals surface area (Å²) in [7, 11) is 3.03. The maximum atomic E-state index is 14.0. The quantitative estimate of drug-likeness (QED) is 0.913. The van der Waals surface area contributed by atoms with Crippen LogP contribution in [0.15, 0.2) is 36.4 Å². The van der Waals surface area contributed by atoms with Crippen LogP contribution in [0.2, 0.25) is 0 Å². The van der Waals surface area contributed by atoms with E-state index in [1.807, 2.05) is 0 Å². The first kappa shape index (κ1) is 15.1. The summed E-state index contributed by atoms with van der Waals surface area (Å²) in [6.07, 6.45) is -0.844. The van der Waals surface area contributed by atoms with Gasteiger partial charge in [0.25, 0.3) is 0 Å². The number of methoxy groups -OCH3 is 2. The van der Waals surface area contributed by atoms with Crippen molar-refractivity contribution in [2.75, 3.05) is 14.2 Å². The molecule has 112 valence electrons. The number of ether oxygens (including phenoxy) is 3. The number of hydrogen-bond donors (Lipinski definition) is 1. The van der Waals surface area contributed by atoms with E-state index in [0.717, 1.165) is 0 Å². The Labute approximate surface area is 122 Å². The van der Waals surface area contributed by atoms with Crippen LogP contribution in [0.5, 0.6) is 23.0 Å². The number of aliphatic hydroxyl groups is 1. The molecule has 0 bridgehead atoms. The molecule has 0 aliphatic heterocycles. The highest BCUT2D eigenvalue weighted by Crippen LogP contribution is 2.35. The van der Waals surface area contributed by atoms with Crippen LogP contribution < -0.4 is 14.2 Å². The molecule has 1 unspecified atom stereocenters. The lowest BCUT2D eigenvalue weighted by atomic mass is 10.1. The number of rotatable bonds is 5. The summed E-state index contributed by atoms with van der Waals surface area (Å²) in [6, 6.07) is 9.32. The van der Waals surface area contributed by atoms with Gasteiger partial charge in [-0.15, -0.1) is 0 Å². The Morgan fingerprint density at radius 3 is 2.10 bits per heavy atom. The maximum absolute atomic E-state index is 14.0. The molecule has 5 heteroatoms. The summed E-state index contributed by atoms with van der Waals surface area (Å²) in [4.78, 5) is 0. The molecule has 0 radical (unpaired) electrons. The summed E-state index contributed by atoms with van der Waals surface area (Å²) in [5.74, 6) is 0.856. The highest BCUT2D eigenvalue weighted by atomic mass is 19.1. The minimum Gasteiger partial charge on any atom is -0.496 e. The molecular weight excluding hydrogens is 275 g/mol. The number of para-hydroxylation sites is 1. The van der Waals surface area contributed by atoms with Gasteiger partial charge in [0.05, 0.1) is 20.3 Å². The average Bonchev–Trinajstić information content (AvgIpc) is 2.48. The van der Waals surface area contributed by atoms with Crippen LogP contribution in [0, 0.1) is 5.82 Å². The Morgan fingerprint density at radius 2 is 1.57 bits per heavy atom. The predicted octanol–water partition coefficient (Wildman–Crippen LogP) is 3.69. The summed E-state index contributed by atoms with van der Waals surface area (Å²) < 4.78 is 29.8. The highest BCUT2D eigenvalue weighted by Gasteiger charge is 2.15. The van der Waals surface area contributed by atoms with Gasteiger partial charge in [0.15, 0.2) is 11.6 Å². The Morgan fingerprint density at radius 1 is 1.00 bits per heavy atom. The molecule has 0 heterocycles. The third-order valence-electron chi connectivity index (χ3n) is 2.99. The average molecular weight is 292 g/mol. The van der Waals surface area contributed by atoms with Crippen molar-refractivity contribution in [1.82, 2.24) is 0 Å². The van der Waals surface area contributed by atoms with E-state index in [4.69, 9.17) is 14.2 Å². The molecule has 2 aromatic carbocycles. The first-order chi connectivity index (χ1) is 10.0. The van der Waals surface area contributed by atoms with Gasteiger partial charge in [-0.1, -0.05) is 12.1 Å². The zero-order valence-corrected chi connectivity index (χ0v) is 12.1. The van der Waals surface area contributed by atoms with E-state index < -0.39 is 11.9 Å². The van der Waals surface area contributed by atoms with E-state index in [-0.39, 0.29) is 5.75 Å². The zero-order valence-electron chi connectivity index (χ0n) is 12.1. The second-order valence-electron chi connectivity index (χ2n) is 4.48. The van der Waals surface area contributed by atoms with Crippen molar-refractivity contribution in [1.29, 1.82) is 0 Å². The van der Waals surface area contributed by atoms with Gasteiger partial charge in [0.1, 0.15) is 17.2 Å². The van der Waals surface area contributed by atoms with Crippen LogP contribution >= 0.6 is 0 Å². The Bertz CT molecular complexity index is 603. The number of aliphatic hydroxyl groups excluding tert-OH is 1. The van der Waals surface area contributed by atoms with Crippen molar-refractivity contribution in [3.8, 4) is 23.0 Å². The Balaban J connectivity index is 2.42. The Hall–Kier alpha value is -2.27. The first-order valence-corrected chi connectivity index (χ1v) is 6.42. The van der Waals surface area contributed by atoms with E-state index in [0.29, 0.717) is 22.8 Å². The van der Waals surface area contributed by atoms with Crippen LogP contribution in [0.4, 0.5) is 4.39 Å². The van der Waals surface area contributed by atoms with Gasteiger partial charge in [-0.05, 0) is 13.0 Å². The van der Waals surface area contributed by atoms with Crippen LogP contribution in [-0.4, -0.2) is 19.3 Å². The minimum absolute atomic E-state index is 0.0113. The molecule has 0 aromatic heterocycles. The molecule has 2 aromatic rings. The van der Waals surface area contributed by atoms with Crippen molar-refractivity contribution in [3.05, 3.63) is 47.8 Å². The highest BCUT2D eigenvalue weighted by molar-refractivity contribution is 5.46. The van der Waals surface area contributed by atoms with Crippen molar-refractivity contribution < 1.29 is 23.7 Å². The molecule has 21 heavy (non-hydrogen) atoms. The van der Waals surface area contributed by atoms with E-state index in [1.54, 1.807) is 31.2 Å². The molecule has 0 spiro atoms. The number of halogens is 1. The van der Waals surface area contributed by atoms with E-state index in [9.17, 15) is 9.50 Å². The molecule has 1 N–H and O–H groups in total. The van der Waals surface area contributed by atoms with Crippen LogP contribution in [0.1, 0.15) is 18.6 Å². The molecule has 0 saturated heterocycles. The lowest BCUT2D eigenvalue weighted by Gasteiger charge is -2.15. The summed E-state index contributed by atoms with van der Waals surface area (Å²) in [5.41, 5.74) is 0.372. The molecule has 0 saturated carbocycles. The SMILES string of the molecule is COc1cc(OC)cc(Oc2c(F)cccc2C(C)O)c1. The normalized spacial score (nSPS) is 11.9. The van der Waals surface area contributed by atoms with Gasteiger partial charge >= 0.3 is 0 Å². The lowest BCUT2D eigenvalue weighted by molar-refractivity contribution is 0.194. The fourth-order valence-corrected chi connectivity index (χ4v) is 1.92. The van der Waals surface area contributed by atoms with Crippen LogP contribution in [0.25, 0.3) is 0 Å². The van der Waals surface area contributed by atoms with E-state index >= 15 is 0 Å². The first-order valence-electron chi connectivity index (χ1n) is 6.42. The van der Waals surface area contributed by atoms with E-state index in [1.165, 1.54) is 26.4 Å². The van der Waals surface area contributed by atoms with Gasteiger partial charge < -0.3 is 19.3 Å². The third-order valence-corrected chi connectivity index (χ3v) is 2.99. The standard InChI is InChI=1S/C16H17FO4/c1-10(18)14-5-4-6-15(17)16(14)21-13-8-11(19-2)7-12(9-13)20-3/h4-10,18H,1-3H3.